The lowest BCUT2D eigenvalue weighted by atomic mass is 10.2. The van der Waals surface area contributed by atoms with Crippen LogP contribution >= 0.6 is 0 Å². The normalized spacial score (nSPS) is 20.3. The van der Waals surface area contributed by atoms with Crippen molar-refractivity contribution in [3.63, 3.8) is 0 Å². The number of rotatable bonds is 4. The number of nitrogens with one attached hydrogen (secondary N) is 1. The highest BCUT2D eigenvalue weighted by Crippen LogP contribution is 2.23. The van der Waals surface area contributed by atoms with Crippen LogP contribution in [0.3, 0.4) is 0 Å². The molecule has 0 aliphatic carbocycles. The summed E-state index contributed by atoms with van der Waals surface area (Å²) in [4.78, 5) is 2.38. The number of anilines is 2. The largest absolute Gasteiger partial charge is 0.397 e. The summed E-state index contributed by atoms with van der Waals surface area (Å²) in [5, 5.41) is 3.11. The average molecular weight is 255 g/mol. The van der Waals surface area contributed by atoms with Crippen LogP contribution in [0.15, 0.2) is 12.1 Å². The summed E-state index contributed by atoms with van der Waals surface area (Å²) in [5.74, 6) is -1.78. The van der Waals surface area contributed by atoms with Crippen LogP contribution in [0.5, 0.6) is 0 Å². The number of hydrogen-bond acceptors (Lipinski definition) is 3. The molecular weight excluding hydrogens is 236 g/mol. The van der Waals surface area contributed by atoms with Crippen LogP contribution in [-0.2, 0) is 0 Å². The van der Waals surface area contributed by atoms with E-state index >= 15 is 0 Å². The van der Waals surface area contributed by atoms with Crippen molar-refractivity contribution in [3.05, 3.63) is 23.8 Å². The third kappa shape index (κ3) is 2.72. The molecule has 0 radical (unpaired) electrons. The van der Waals surface area contributed by atoms with Crippen LogP contribution in [0.1, 0.15) is 19.8 Å². The van der Waals surface area contributed by atoms with Gasteiger partial charge in [-0.25, -0.2) is 8.78 Å². The van der Waals surface area contributed by atoms with Gasteiger partial charge in [-0.2, -0.15) is 0 Å². The van der Waals surface area contributed by atoms with E-state index in [4.69, 9.17) is 5.73 Å². The number of hydrogen-bond donors (Lipinski definition) is 2. The van der Waals surface area contributed by atoms with Gasteiger partial charge in [0.2, 0.25) is 0 Å². The molecule has 1 heterocycles. The minimum absolute atomic E-state index is 0.245. The molecule has 1 aliphatic rings. The molecule has 0 bridgehead atoms. The van der Waals surface area contributed by atoms with Gasteiger partial charge in [-0.3, -0.25) is 4.90 Å². The van der Waals surface area contributed by atoms with Crippen molar-refractivity contribution in [1.29, 1.82) is 0 Å². The van der Waals surface area contributed by atoms with E-state index in [2.05, 4.69) is 17.1 Å². The van der Waals surface area contributed by atoms with Crippen LogP contribution in [-0.4, -0.2) is 30.6 Å². The molecule has 1 aliphatic heterocycles. The highest BCUT2D eigenvalue weighted by Gasteiger charge is 2.22. The molecule has 3 N–H and O–H groups in total. The first-order chi connectivity index (χ1) is 8.61. The Morgan fingerprint density at radius 3 is 2.83 bits per heavy atom. The molecule has 0 saturated carbocycles. The summed E-state index contributed by atoms with van der Waals surface area (Å²) < 4.78 is 26.0. The van der Waals surface area contributed by atoms with Gasteiger partial charge in [0.05, 0.1) is 11.4 Å². The molecule has 2 rings (SSSR count). The zero-order valence-corrected chi connectivity index (χ0v) is 10.5. The van der Waals surface area contributed by atoms with Crippen LogP contribution < -0.4 is 11.1 Å². The minimum atomic E-state index is -0.908. The Kier molecular flexibility index (Phi) is 4.01. The number of halogens is 2. The lowest BCUT2D eigenvalue weighted by Crippen LogP contribution is -2.34. The second-order valence-corrected chi connectivity index (χ2v) is 4.66. The zero-order valence-electron chi connectivity index (χ0n) is 10.5. The smallest absolute Gasteiger partial charge is 0.161 e. The number of likely N-dealkylation sites (N-methyl/N-ethyl adjacent to an activating group) is 1. The number of nitrogen functional groups attached to an aromatic ring is 1. The summed E-state index contributed by atoms with van der Waals surface area (Å²) in [7, 11) is 0. The van der Waals surface area contributed by atoms with Gasteiger partial charge >= 0.3 is 0 Å². The van der Waals surface area contributed by atoms with Gasteiger partial charge in [-0.05, 0) is 25.9 Å². The Morgan fingerprint density at radius 1 is 1.39 bits per heavy atom. The maximum Gasteiger partial charge on any atom is 0.161 e. The Labute approximate surface area is 106 Å². The molecule has 18 heavy (non-hydrogen) atoms. The van der Waals surface area contributed by atoms with Gasteiger partial charge in [0.25, 0.3) is 0 Å². The summed E-state index contributed by atoms with van der Waals surface area (Å²) in [6.45, 7) is 4.96. The first-order valence-electron chi connectivity index (χ1n) is 6.34. The van der Waals surface area contributed by atoms with Crippen LogP contribution in [0.4, 0.5) is 20.2 Å². The van der Waals surface area contributed by atoms with Gasteiger partial charge in [-0.15, -0.1) is 0 Å². The Hall–Kier alpha value is -1.36. The number of nitrogens with two attached hydrogens (primary N) is 1. The highest BCUT2D eigenvalue weighted by atomic mass is 19.2. The summed E-state index contributed by atoms with van der Waals surface area (Å²) in [6.07, 6.45) is 2.32. The fourth-order valence-corrected chi connectivity index (χ4v) is 2.49. The molecule has 1 unspecified atom stereocenters. The number of nitrogens with zero attached hydrogens (tertiary/aromatic N) is 1. The van der Waals surface area contributed by atoms with E-state index in [1.54, 1.807) is 0 Å². The molecule has 0 amide bonds. The molecule has 0 aromatic heterocycles. The van der Waals surface area contributed by atoms with Gasteiger partial charge < -0.3 is 11.1 Å². The lowest BCUT2D eigenvalue weighted by Gasteiger charge is -2.23. The van der Waals surface area contributed by atoms with Crippen molar-refractivity contribution in [3.8, 4) is 0 Å². The van der Waals surface area contributed by atoms with E-state index < -0.39 is 11.6 Å². The van der Waals surface area contributed by atoms with E-state index in [0.717, 1.165) is 31.6 Å². The van der Waals surface area contributed by atoms with E-state index in [1.807, 2.05) is 0 Å². The van der Waals surface area contributed by atoms with Crippen molar-refractivity contribution >= 4 is 11.4 Å². The third-order valence-corrected chi connectivity index (χ3v) is 3.53. The van der Waals surface area contributed by atoms with Crippen molar-refractivity contribution in [1.82, 2.24) is 4.90 Å². The third-order valence-electron chi connectivity index (χ3n) is 3.53. The van der Waals surface area contributed by atoms with E-state index in [-0.39, 0.29) is 5.69 Å². The van der Waals surface area contributed by atoms with Crippen molar-refractivity contribution in [2.75, 3.05) is 30.7 Å². The topological polar surface area (TPSA) is 41.3 Å². The van der Waals surface area contributed by atoms with Gasteiger partial charge in [0.15, 0.2) is 11.6 Å². The SMILES string of the molecule is CCN1CCCC1CNc1cc(F)c(F)cc1N. The molecule has 1 fully saturated rings. The molecule has 1 aromatic carbocycles. The molecule has 100 valence electrons. The van der Waals surface area contributed by atoms with Crippen molar-refractivity contribution in [2.24, 2.45) is 0 Å². The minimum Gasteiger partial charge on any atom is -0.397 e. The van der Waals surface area contributed by atoms with Crippen molar-refractivity contribution in [2.45, 2.75) is 25.8 Å². The fraction of sp³-hybridized carbons (Fsp3) is 0.538. The fourth-order valence-electron chi connectivity index (χ4n) is 2.49. The Bertz CT molecular complexity index is 423. The van der Waals surface area contributed by atoms with E-state index in [1.165, 1.54) is 6.42 Å². The molecular formula is C13H19F2N3. The molecule has 0 spiro atoms. The molecule has 1 atom stereocenters. The predicted molar refractivity (Wildman–Crippen MR) is 69.5 cm³/mol. The number of benzene rings is 1. The van der Waals surface area contributed by atoms with Gasteiger partial charge in [0.1, 0.15) is 0 Å². The van der Waals surface area contributed by atoms with Crippen LogP contribution in [0.25, 0.3) is 0 Å². The Balaban J connectivity index is 2.00. The van der Waals surface area contributed by atoms with Gasteiger partial charge in [0, 0.05) is 24.7 Å². The first kappa shape index (κ1) is 13.1. The average Bonchev–Trinajstić information content (AvgIpc) is 2.79. The zero-order chi connectivity index (χ0) is 13.1. The lowest BCUT2D eigenvalue weighted by molar-refractivity contribution is 0.277. The van der Waals surface area contributed by atoms with Crippen LogP contribution in [0.2, 0.25) is 0 Å². The predicted octanol–water partition coefficient (Wildman–Crippen LogP) is 2.44. The quantitative estimate of drug-likeness (QED) is 0.812. The number of likely N-dealkylation sites (tertiary alicyclic amines) is 1. The maximum absolute atomic E-state index is 13.1. The van der Waals surface area contributed by atoms with E-state index in [0.29, 0.717) is 18.3 Å². The molecule has 3 nitrogen and oxygen atoms in total. The Morgan fingerprint density at radius 2 is 2.11 bits per heavy atom. The second-order valence-electron chi connectivity index (χ2n) is 4.66. The van der Waals surface area contributed by atoms with Gasteiger partial charge in [-0.1, -0.05) is 6.92 Å². The summed E-state index contributed by atoms with van der Waals surface area (Å²) >= 11 is 0. The first-order valence-corrected chi connectivity index (χ1v) is 6.34. The highest BCUT2D eigenvalue weighted by molar-refractivity contribution is 5.66. The monoisotopic (exact) mass is 255 g/mol. The van der Waals surface area contributed by atoms with Crippen LogP contribution in [0, 0.1) is 11.6 Å². The second kappa shape index (κ2) is 5.52. The standard InChI is InChI=1S/C13H19F2N3/c1-2-18-5-3-4-9(18)8-17-13-7-11(15)10(14)6-12(13)16/h6-7,9,17H,2-5,8,16H2,1H3. The summed E-state index contributed by atoms with van der Waals surface area (Å²) in [5.41, 5.74) is 6.37. The van der Waals surface area contributed by atoms with E-state index in [9.17, 15) is 8.78 Å². The molecule has 1 saturated heterocycles. The maximum atomic E-state index is 13.1. The molecule has 5 heteroatoms. The van der Waals surface area contributed by atoms with Crippen molar-refractivity contribution < 1.29 is 8.78 Å². The molecule has 1 aromatic rings. The summed E-state index contributed by atoms with van der Waals surface area (Å²) in [6, 6.07) is 2.59.